The van der Waals surface area contributed by atoms with Gasteiger partial charge < -0.3 is 30.5 Å². The molecular weight excluding hydrogens is 438 g/mol. The number of aryl methyl sites for hydroxylation is 1. The van der Waals surface area contributed by atoms with Crippen molar-refractivity contribution in [1.82, 2.24) is 15.5 Å². The van der Waals surface area contributed by atoms with Gasteiger partial charge in [-0.05, 0) is 60.5 Å². The number of amides is 3. The summed E-state index contributed by atoms with van der Waals surface area (Å²) in [6, 6.07) is 2.50. The highest BCUT2D eigenvalue weighted by Crippen LogP contribution is 2.33. The summed E-state index contributed by atoms with van der Waals surface area (Å²) in [4.78, 5) is 40.7. The van der Waals surface area contributed by atoms with Gasteiger partial charge in [0.25, 0.3) is 0 Å². The average Bonchev–Trinajstić information content (AvgIpc) is 2.68. The minimum absolute atomic E-state index is 0.0912. The number of ether oxygens (including phenoxy) is 1. The highest BCUT2D eigenvalue weighted by molar-refractivity contribution is 5.93. The number of carbonyl (C=O) groups excluding carboxylic acids is 3. The first-order valence-corrected chi connectivity index (χ1v) is 11.6. The predicted octanol–water partition coefficient (Wildman–Crippen LogP) is 3.17. The SMILES string of the molecule is CCCCN(C(=O)C(CO)NC(=O)OC(C)(C)C)C(C(=O)NC(C)(C)C)c1cccc(C)c1O. The standard InChI is InChI=1S/C25H41N3O6/c1-9-10-14-28(22(32)18(15-29)26-23(33)34-25(6,7)8)19(21(31)27-24(3,4)5)17-13-11-12-16(2)20(17)30/h11-13,18-19,29-30H,9-10,14-15H2,1-8H3,(H,26,33)(H,27,31). The van der Waals surface area contributed by atoms with E-state index in [2.05, 4.69) is 10.6 Å². The Morgan fingerprint density at radius 3 is 2.24 bits per heavy atom. The molecule has 2 atom stereocenters. The Labute approximate surface area is 202 Å². The van der Waals surface area contributed by atoms with Crippen molar-refractivity contribution in [2.24, 2.45) is 0 Å². The van der Waals surface area contributed by atoms with E-state index in [0.717, 1.165) is 6.42 Å². The van der Waals surface area contributed by atoms with Crippen LogP contribution in [0.5, 0.6) is 5.75 Å². The largest absolute Gasteiger partial charge is 0.507 e. The first kappa shape index (κ1) is 29.2. The zero-order valence-electron chi connectivity index (χ0n) is 21.7. The quantitative estimate of drug-likeness (QED) is 0.431. The lowest BCUT2D eigenvalue weighted by Gasteiger charge is -2.36. The molecule has 3 amide bonds. The van der Waals surface area contributed by atoms with Crippen LogP contribution in [-0.2, 0) is 14.3 Å². The predicted molar refractivity (Wildman–Crippen MR) is 130 cm³/mol. The van der Waals surface area contributed by atoms with Gasteiger partial charge in [-0.25, -0.2) is 4.79 Å². The molecule has 0 radical (unpaired) electrons. The van der Waals surface area contributed by atoms with E-state index in [1.165, 1.54) is 4.90 Å². The molecule has 0 bridgehead atoms. The minimum Gasteiger partial charge on any atom is -0.507 e. The van der Waals surface area contributed by atoms with Crippen molar-refractivity contribution in [1.29, 1.82) is 0 Å². The number of carbonyl (C=O) groups is 3. The Kier molecular flexibility index (Phi) is 10.4. The number of alkyl carbamates (subject to hydrolysis) is 1. The van der Waals surface area contributed by atoms with Gasteiger partial charge >= 0.3 is 6.09 Å². The van der Waals surface area contributed by atoms with Crippen LogP contribution >= 0.6 is 0 Å². The van der Waals surface area contributed by atoms with E-state index in [4.69, 9.17) is 4.74 Å². The maximum Gasteiger partial charge on any atom is 0.408 e. The van der Waals surface area contributed by atoms with Gasteiger partial charge in [0, 0.05) is 17.6 Å². The lowest BCUT2D eigenvalue weighted by Crippen LogP contribution is -2.55. The molecule has 0 heterocycles. The second-order valence-electron chi connectivity index (χ2n) is 10.4. The number of unbranched alkanes of at least 4 members (excludes halogenated alkanes) is 1. The average molecular weight is 480 g/mol. The van der Waals surface area contributed by atoms with E-state index >= 15 is 0 Å². The molecule has 192 valence electrons. The van der Waals surface area contributed by atoms with Crippen molar-refractivity contribution >= 4 is 17.9 Å². The number of benzene rings is 1. The Hall–Kier alpha value is -2.81. The molecule has 2 unspecified atom stereocenters. The molecule has 0 fully saturated rings. The molecule has 0 aliphatic heterocycles. The van der Waals surface area contributed by atoms with E-state index in [-0.39, 0.29) is 17.9 Å². The highest BCUT2D eigenvalue weighted by Gasteiger charge is 2.38. The summed E-state index contributed by atoms with van der Waals surface area (Å²) in [7, 11) is 0. The van der Waals surface area contributed by atoms with Gasteiger partial charge in [-0.3, -0.25) is 9.59 Å². The monoisotopic (exact) mass is 479 g/mol. The van der Waals surface area contributed by atoms with Crippen molar-refractivity contribution in [3.8, 4) is 5.75 Å². The van der Waals surface area contributed by atoms with E-state index in [0.29, 0.717) is 12.0 Å². The number of aliphatic hydroxyl groups is 1. The molecule has 0 spiro atoms. The normalized spacial score (nSPS) is 13.6. The number of aliphatic hydroxyl groups excluding tert-OH is 1. The Morgan fingerprint density at radius 2 is 1.74 bits per heavy atom. The summed E-state index contributed by atoms with van der Waals surface area (Å²) < 4.78 is 5.22. The lowest BCUT2D eigenvalue weighted by atomic mass is 9.97. The van der Waals surface area contributed by atoms with Gasteiger partial charge in [0.1, 0.15) is 23.4 Å². The summed E-state index contributed by atoms with van der Waals surface area (Å²) in [6.07, 6.45) is 0.451. The molecular formula is C25H41N3O6. The molecule has 9 nitrogen and oxygen atoms in total. The Bertz CT molecular complexity index is 857. The van der Waals surface area contributed by atoms with Crippen molar-refractivity contribution < 1.29 is 29.3 Å². The number of hydrogen-bond donors (Lipinski definition) is 4. The number of aromatic hydroxyl groups is 1. The van der Waals surface area contributed by atoms with Crippen LogP contribution in [0.4, 0.5) is 4.79 Å². The Morgan fingerprint density at radius 1 is 1.12 bits per heavy atom. The smallest absolute Gasteiger partial charge is 0.408 e. The molecule has 9 heteroatoms. The van der Waals surface area contributed by atoms with Crippen molar-refractivity contribution in [2.45, 2.75) is 91.5 Å². The van der Waals surface area contributed by atoms with Gasteiger partial charge in [0.15, 0.2) is 0 Å². The first-order chi connectivity index (χ1) is 15.6. The number of phenols is 1. The van der Waals surface area contributed by atoms with Crippen LogP contribution in [0.3, 0.4) is 0 Å². The maximum atomic E-state index is 13.6. The number of rotatable bonds is 9. The molecule has 0 aromatic heterocycles. The van der Waals surface area contributed by atoms with E-state index in [1.54, 1.807) is 45.9 Å². The van der Waals surface area contributed by atoms with Crippen LogP contribution in [0.15, 0.2) is 18.2 Å². The van der Waals surface area contributed by atoms with Crippen LogP contribution in [0.2, 0.25) is 0 Å². The number of para-hydroxylation sites is 1. The number of nitrogens with zero attached hydrogens (tertiary/aromatic N) is 1. The molecule has 0 aliphatic carbocycles. The zero-order chi connectivity index (χ0) is 26.3. The fourth-order valence-corrected chi connectivity index (χ4v) is 3.32. The fourth-order valence-electron chi connectivity index (χ4n) is 3.32. The Balaban J connectivity index is 3.49. The molecule has 0 saturated carbocycles. The van der Waals surface area contributed by atoms with Crippen molar-refractivity contribution in [2.75, 3.05) is 13.2 Å². The summed E-state index contributed by atoms with van der Waals surface area (Å²) in [5.74, 6) is -1.23. The topological polar surface area (TPSA) is 128 Å². The maximum absolute atomic E-state index is 13.6. The molecule has 34 heavy (non-hydrogen) atoms. The molecule has 0 aliphatic rings. The first-order valence-electron chi connectivity index (χ1n) is 11.6. The van der Waals surface area contributed by atoms with Gasteiger partial charge in [0.05, 0.1) is 6.61 Å². The molecule has 0 saturated heterocycles. The molecule has 1 aromatic carbocycles. The third-order valence-electron chi connectivity index (χ3n) is 4.83. The van der Waals surface area contributed by atoms with Crippen molar-refractivity contribution in [3.63, 3.8) is 0 Å². The summed E-state index contributed by atoms with van der Waals surface area (Å²) in [6.45, 7) is 13.6. The molecule has 1 rings (SSSR count). The number of hydrogen-bond acceptors (Lipinski definition) is 6. The minimum atomic E-state index is -1.33. The number of phenolic OH excluding ortho intramolecular Hbond substituents is 1. The number of nitrogens with one attached hydrogen (secondary N) is 2. The van der Waals surface area contributed by atoms with Gasteiger partial charge in [0.2, 0.25) is 11.8 Å². The van der Waals surface area contributed by atoms with Crippen LogP contribution in [-0.4, -0.2) is 63.4 Å². The summed E-state index contributed by atoms with van der Waals surface area (Å²) in [5.41, 5.74) is -0.573. The van der Waals surface area contributed by atoms with Gasteiger partial charge in [-0.15, -0.1) is 0 Å². The molecule has 1 aromatic rings. The van der Waals surface area contributed by atoms with Crippen LogP contribution in [0.1, 0.15) is 78.5 Å². The second-order valence-corrected chi connectivity index (χ2v) is 10.4. The molecule has 4 N–H and O–H groups in total. The van der Waals surface area contributed by atoms with Gasteiger partial charge in [-0.2, -0.15) is 0 Å². The third-order valence-corrected chi connectivity index (χ3v) is 4.83. The van der Waals surface area contributed by atoms with E-state index in [1.807, 2.05) is 27.7 Å². The van der Waals surface area contributed by atoms with Crippen LogP contribution in [0, 0.1) is 6.92 Å². The summed E-state index contributed by atoms with van der Waals surface area (Å²) in [5, 5.41) is 26.0. The third kappa shape index (κ3) is 8.85. The van der Waals surface area contributed by atoms with Crippen LogP contribution < -0.4 is 10.6 Å². The van der Waals surface area contributed by atoms with E-state index < -0.39 is 47.7 Å². The van der Waals surface area contributed by atoms with Gasteiger partial charge in [-0.1, -0.05) is 31.5 Å². The fraction of sp³-hybridized carbons (Fsp3) is 0.640. The lowest BCUT2D eigenvalue weighted by molar-refractivity contribution is -0.144. The second kappa shape index (κ2) is 12.1. The highest BCUT2D eigenvalue weighted by atomic mass is 16.6. The van der Waals surface area contributed by atoms with E-state index in [9.17, 15) is 24.6 Å². The zero-order valence-corrected chi connectivity index (χ0v) is 21.7. The van der Waals surface area contributed by atoms with Crippen molar-refractivity contribution in [3.05, 3.63) is 29.3 Å². The van der Waals surface area contributed by atoms with Crippen LogP contribution in [0.25, 0.3) is 0 Å². The summed E-state index contributed by atoms with van der Waals surface area (Å²) >= 11 is 0.